The molecule has 1 aromatic heterocycles. The van der Waals surface area contributed by atoms with Crippen LogP contribution in [0.15, 0.2) is 42.5 Å². The maximum absolute atomic E-state index is 5.94. The number of anilines is 1. The number of ether oxygens (including phenoxy) is 2. The third-order valence-corrected chi connectivity index (χ3v) is 4.12. The number of nitrogens with zero attached hydrogens (tertiary/aromatic N) is 4. The predicted molar refractivity (Wildman–Crippen MR) is 104 cm³/mol. The van der Waals surface area contributed by atoms with Crippen LogP contribution in [0, 0.1) is 6.92 Å². The highest BCUT2D eigenvalue weighted by Gasteiger charge is 2.09. The van der Waals surface area contributed by atoms with Gasteiger partial charge in [0, 0.05) is 13.1 Å². The summed E-state index contributed by atoms with van der Waals surface area (Å²) in [6.45, 7) is 6.04. The highest BCUT2D eigenvalue weighted by atomic mass is 16.5. The van der Waals surface area contributed by atoms with Crippen LogP contribution < -0.4 is 14.8 Å². The second kappa shape index (κ2) is 9.02. The third kappa shape index (κ3) is 4.97. The molecule has 3 aromatic rings. The number of benzene rings is 2. The number of hydrogen-bond donors (Lipinski definition) is 1. The van der Waals surface area contributed by atoms with Crippen molar-refractivity contribution in [3.63, 3.8) is 0 Å². The Kier molecular flexibility index (Phi) is 6.25. The smallest absolute Gasteiger partial charge is 0.243 e. The molecule has 7 nitrogen and oxygen atoms in total. The molecule has 0 fully saturated rings. The Hall–Kier alpha value is -3.09. The molecule has 0 radical (unpaired) electrons. The Balaban J connectivity index is 1.64. The number of tetrazole rings is 1. The average molecular weight is 367 g/mol. The normalized spacial score (nSPS) is 10.6. The van der Waals surface area contributed by atoms with Crippen molar-refractivity contribution in [3.05, 3.63) is 59.2 Å². The molecule has 0 bridgehead atoms. The molecule has 1 heterocycles. The number of methoxy groups -OCH3 is 1. The van der Waals surface area contributed by atoms with Crippen molar-refractivity contribution >= 4 is 5.95 Å². The standard InChI is InChI=1S/C20H25N5O2/c1-4-10-25-20(22-23-24-25)21-13-16-8-9-18(19(12-16)26-3)27-14-17-7-5-6-15(2)11-17/h5-9,11-12H,4,10,13-14H2,1-3H3,(H,21,22,24). The van der Waals surface area contributed by atoms with E-state index in [9.17, 15) is 0 Å². The Morgan fingerprint density at radius 3 is 2.74 bits per heavy atom. The second-order valence-corrected chi connectivity index (χ2v) is 6.34. The largest absolute Gasteiger partial charge is 0.493 e. The lowest BCUT2D eigenvalue weighted by Gasteiger charge is -2.13. The molecule has 0 saturated carbocycles. The maximum Gasteiger partial charge on any atom is 0.243 e. The van der Waals surface area contributed by atoms with Crippen molar-refractivity contribution in [1.29, 1.82) is 0 Å². The van der Waals surface area contributed by atoms with Gasteiger partial charge >= 0.3 is 0 Å². The van der Waals surface area contributed by atoms with Gasteiger partial charge in [0.2, 0.25) is 5.95 Å². The zero-order valence-corrected chi connectivity index (χ0v) is 16.0. The van der Waals surface area contributed by atoms with E-state index in [0.717, 1.165) is 29.8 Å². The van der Waals surface area contributed by atoms with Gasteiger partial charge in [-0.05, 0) is 47.0 Å². The fourth-order valence-electron chi connectivity index (χ4n) is 2.78. The minimum atomic E-state index is 0.501. The summed E-state index contributed by atoms with van der Waals surface area (Å²) in [5.74, 6) is 2.09. The van der Waals surface area contributed by atoms with Crippen molar-refractivity contribution in [1.82, 2.24) is 20.2 Å². The van der Waals surface area contributed by atoms with Gasteiger partial charge < -0.3 is 14.8 Å². The molecule has 0 aliphatic carbocycles. The summed E-state index contributed by atoms with van der Waals surface area (Å²) < 4.78 is 13.2. The minimum absolute atomic E-state index is 0.501. The van der Waals surface area contributed by atoms with E-state index in [2.05, 4.69) is 52.9 Å². The van der Waals surface area contributed by atoms with Gasteiger partial charge in [0.1, 0.15) is 6.61 Å². The molecule has 3 rings (SSSR count). The Morgan fingerprint density at radius 2 is 1.96 bits per heavy atom. The van der Waals surface area contributed by atoms with Crippen molar-refractivity contribution in [2.45, 2.75) is 40.0 Å². The van der Waals surface area contributed by atoms with E-state index in [1.54, 1.807) is 11.8 Å². The first kappa shape index (κ1) is 18.7. The first-order chi connectivity index (χ1) is 13.2. The van der Waals surface area contributed by atoms with Crippen molar-refractivity contribution in [2.24, 2.45) is 0 Å². The summed E-state index contributed by atoms with van der Waals surface area (Å²) in [7, 11) is 1.65. The van der Waals surface area contributed by atoms with Crippen LogP contribution in [0.4, 0.5) is 5.95 Å². The lowest BCUT2D eigenvalue weighted by atomic mass is 10.1. The summed E-state index contributed by atoms with van der Waals surface area (Å²) in [5, 5.41) is 15.0. The molecule has 27 heavy (non-hydrogen) atoms. The van der Waals surface area contributed by atoms with Crippen molar-refractivity contribution in [3.8, 4) is 11.5 Å². The van der Waals surface area contributed by atoms with Crippen LogP contribution in [-0.4, -0.2) is 27.3 Å². The van der Waals surface area contributed by atoms with Gasteiger partial charge in [-0.1, -0.05) is 47.9 Å². The van der Waals surface area contributed by atoms with Crippen molar-refractivity contribution in [2.75, 3.05) is 12.4 Å². The SMILES string of the molecule is CCCn1nnnc1NCc1ccc(OCc2cccc(C)c2)c(OC)c1. The predicted octanol–water partition coefficient (Wildman–Crippen LogP) is 3.59. The van der Waals surface area contributed by atoms with E-state index in [-0.39, 0.29) is 0 Å². The average Bonchev–Trinajstić information content (AvgIpc) is 3.12. The summed E-state index contributed by atoms with van der Waals surface area (Å²) in [6.07, 6.45) is 0.973. The lowest BCUT2D eigenvalue weighted by molar-refractivity contribution is 0.284. The molecule has 0 amide bonds. The van der Waals surface area contributed by atoms with Gasteiger partial charge in [-0.15, -0.1) is 0 Å². The van der Waals surface area contributed by atoms with E-state index in [4.69, 9.17) is 9.47 Å². The molecule has 0 aliphatic rings. The van der Waals surface area contributed by atoms with Crippen LogP contribution >= 0.6 is 0 Å². The fourth-order valence-corrected chi connectivity index (χ4v) is 2.78. The second-order valence-electron chi connectivity index (χ2n) is 6.34. The van der Waals surface area contributed by atoms with Crippen LogP contribution in [-0.2, 0) is 19.7 Å². The van der Waals surface area contributed by atoms with Crippen LogP contribution in [0.25, 0.3) is 0 Å². The van der Waals surface area contributed by atoms with Gasteiger partial charge in [0.25, 0.3) is 0 Å². The molecule has 7 heteroatoms. The number of rotatable bonds is 9. The summed E-state index contributed by atoms with van der Waals surface area (Å²) in [6, 6.07) is 14.2. The highest BCUT2D eigenvalue weighted by Crippen LogP contribution is 2.29. The topological polar surface area (TPSA) is 74.1 Å². The van der Waals surface area contributed by atoms with Gasteiger partial charge in [0.15, 0.2) is 11.5 Å². The summed E-state index contributed by atoms with van der Waals surface area (Å²) in [4.78, 5) is 0. The summed E-state index contributed by atoms with van der Waals surface area (Å²) in [5.41, 5.74) is 3.40. The van der Waals surface area contributed by atoms with Crippen LogP contribution in [0.5, 0.6) is 11.5 Å². The molecular formula is C20H25N5O2. The van der Waals surface area contributed by atoms with Crippen LogP contribution in [0.2, 0.25) is 0 Å². The Bertz CT molecular complexity index is 878. The highest BCUT2D eigenvalue weighted by molar-refractivity contribution is 5.44. The quantitative estimate of drug-likeness (QED) is 0.623. The first-order valence-corrected chi connectivity index (χ1v) is 9.05. The zero-order valence-electron chi connectivity index (χ0n) is 16.0. The van der Waals surface area contributed by atoms with E-state index < -0.39 is 0 Å². The molecule has 142 valence electrons. The zero-order chi connectivity index (χ0) is 19.1. The maximum atomic E-state index is 5.94. The first-order valence-electron chi connectivity index (χ1n) is 9.05. The number of aromatic nitrogens is 4. The van der Waals surface area contributed by atoms with Gasteiger partial charge in [-0.25, -0.2) is 4.68 Å². The molecule has 0 unspecified atom stereocenters. The van der Waals surface area contributed by atoms with E-state index in [1.165, 1.54) is 5.56 Å². The molecule has 0 saturated heterocycles. The molecular weight excluding hydrogens is 342 g/mol. The molecule has 1 N–H and O–H groups in total. The van der Waals surface area contributed by atoms with Crippen molar-refractivity contribution < 1.29 is 9.47 Å². The Morgan fingerprint density at radius 1 is 1.07 bits per heavy atom. The number of nitrogens with one attached hydrogen (secondary N) is 1. The Labute approximate surface area is 159 Å². The number of hydrogen-bond acceptors (Lipinski definition) is 6. The lowest BCUT2D eigenvalue weighted by Crippen LogP contribution is -2.09. The molecule has 2 aromatic carbocycles. The molecule has 0 aliphatic heterocycles. The van der Waals surface area contributed by atoms with E-state index in [1.807, 2.05) is 24.3 Å². The molecule has 0 spiro atoms. The van der Waals surface area contributed by atoms with Crippen LogP contribution in [0.1, 0.15) is 30.0 Å². The summed E-state index contributed by atoms with van der Waals surface area (Å²) >= 11 is 0. The third-order valence-electron chi connectivity index (χ3n) is 4.12. The minimum Gasteiger partial charge on any atom is -0.493 e. The number of aryl methyl sites for hydroxylation is 2. The van der Waals surface area contributed by atoms with Gasteiger partial charge in [-0.2, -0.15) is 0 Å². The van der Waals surface area contributed by atoms with Gasteiger partial charge in [-0.3, -0.25) is 0 Å². The van der Waals surface area contributed by atoms with E-state index >= 15 is 0 Å². The fraction of sp³-hybridized carbons (Fsp3) is 0.350. The van der Waals surface area contributed by atoms with Gasteiger partial charge in [0.05, 0.1) is 7.11 Å². The van der Waals surface area contributed by atoms with Crippen LogP contribution in [0.3, 0.4) is 0 Å². The van der Waals surface area contributed by atoms with E-state index in [0.29, 0.717) is 24.8 Å². The monoisotopic (exact) mass is 367 g/mol. The molecule has 0 atom stereocenters.